The fourth-order valence-corrected chi connectivity index (χ4v) is 7.71. The third-order valence-electron chi connectivity index (χ3n) is 9.68. The predicted molar refractivity (Wildman–Crippen MR) is 180 cm³/mol. The Hall–Kier alpha value is -2.67. The molecule has 0 radical (unpaired) electrons. The lowest BCUT2D eigenvalue weighted by Crippen LogP contribution is -2.56. The number of nitrogens with one attached hydrogen (secondary N) is 2. The first-order chi connectivity index (χ1) is 21.9. The number of likely N-dealkylation sites (tertiary alicyclic amines) is 1. The van der Waals surface area contributed by atoms with Crippen LogP contribution in [-0.4, -0.2) is 115 Å². The summed E-state index contributed by atoms with van der Waals surface area (Å²) in [4.78, 5) is 48.4. The second-order valence-electron chi connectivity index (χ2n) is 12.4. The molecule has 2 aromatic carbocycles. The van der Waals surface area contributed by atoms with Crippen LogP contribution in [0.1, 0.15) is 36.8 Å². The first kappa shape index (κ1) is 32.3. The molecule has 4 heterocycles. The molecule has 3 fully saturated rings. The summed E-state index contributed by atoms with van der Waals surface area (Å²) in [6.45, 7) is 6.61. The van der Waals surface area contributed by atoms with E-state index in [0.717, 1.165) is 71.2 Å². The highest BCUT2D eigenvalue weighted by atomic mass is 79.9. The minimum atomic E-state index is -0.913. The van der Waals surface area contributed by atoms with E-state index in [1.807, 2.05) is 46.2 Å². The summed E-state index contributed by atoms with van der Waals surface area (Å²) >= 11 is 7.08. The first-order valence-corrected chi connectivity index (χ1v) is 17.7. The molecular formula is C33H42Br2N6O4. The van der Waals surface area contributed by atoms with E-state index < -0.39 is 12.2 Å². The predicted octanol–water partition coefficient (Wildman–Crippen LogP) is 4.71. The monoisotopic (exact) mass is 744 g/mol. The van der Waals surface area contributed by atoms with Gasteiger partial charge >= 0.3 is 12.1 Å². The van der Waals surface area contributed by atoms with Crippen LogP contribution in [0.2, 0.25) is 0 Å². The molecule has 0 aliphatic carbocycles. The van der Waals surface area contributed by atoms with Gasteiger partial charge in [0, 0.05) is 79.0 Å². The van der Waals surface area contributed by atoms with Gasteiger partial charge in [0.2, 0.25) is 0 Å². The second kappa shape index (κ2) is 14.8. The Morgan fingerprint density at radius 3 is 2.31 bits per heavy atom. The van der Waals surface area contributed by atoms with Crippen LogP contribution in [0.3, 0.4) is 0 Å². The standard InChI is InChI=1S/C33H42Br2N6O4/c34-27-6-5-23(21-28(27)35)22-30(31(42)39-19-17-38(18-20-39)25-7-12-36-13-8-25)45-33(44)40-14-10-26(11-15-40)41-16-9-24-3-1-2-4-29(24)37-32(41)43/h1-6,21,25-26,30,36H,7-20,22H2,(H,37,43). The number of piperidine rings is 2. The van der Waals surface area contributed by atoms with Crippen LogP contribution in [0.15, 0.2) is 51.4 Å². The van der Waals surface area contributed by atoms with Gasteiger partial charge < -0.3 is 30.1 Å². The number of anilines is 1. The molecule has 0 bridgehead atoms. The highest BCUT2D eigenvalue weighted by Crippen LogP contribution is 2.27. The summed E-state index contributed by atoms with van der Waals surface area (Å²) in [6.07, 6.45) is 3.31. The number of carbonyl (C=O) groups excluding carboxylic acids is 3. The van der Waals surface area contributed by atoms with Gasteiger partial charge in [-0.3, -0.25) is 9.69 Å². The summed E-state index contributed by atoms with van der Waals surface area (Å²) in [5.74, 6) is -0.136. The van der Waals surface area contributed by atoms with Crippen molar-refractivity contribution in [3.63, 3.8) is 0 Å². The normalized spacial score (nSPS) is 21.1. The van der Waals surface area contributed by atoms with Crippen molar-refractivity contribution in [1.29, 1.82) is 0 Å². The highest BCUT2D eigenvalue weighted by Gasteiger charge is 2.36. The molecule has 4 aliphatic heterocycles. The van der Waals surface area contributed by atoms with Crippen molar-refractivity contribution >= 4 is 55.6 Å². The van der Waals surface area contributed by atoms with Gasteiger partial charge in [-0.2, -0.15) is 0 Å². The molecule has 2 N–H and O–H groups in total. The van der Waals surface area contributed by atoms with Crippen molar-refractivity contribution in [1.82, 2.24) is 24.9 Å². The van der Waals surface area contributed by atoms with Gasteiger partial charge in [0.25, 0.3) is 5.91 Å². The fraction of sp³-hybridized carbons (Fsp3) is 0.545. The Kier molecular flexibility index (Phi) is 10.6. The zero-order chi connectivity index (χ0) is 31.3. The molecule has 4 amide bonds. The van der Waals surface area contributed by atoms with Gasteiger partial charge in [0.15, 0.2) is 6.10 Å². The molecule has 242 valence electrons. The van der Waals surface area contributed by atoms with Crippen molar-refractivity contribution in [3.8, 4) is 0 Å². The van der Waals surface area contributed by atoms with Gasteiger partial charge in [-0.1, -0.05) is 24.3 Å². The third kappa shape index (κ3) is 7.84. The van der Waals surface area contributed by atoms with E-state index in [9.17, 15) is 14.4 Å². The molecule has 45 heavy (non-hydrogen) atoms. The number of piperazine rings is 1. The largest absolute Gasteiger partial charge is 0.436 e. The Morgan fingerprint density at radius 2 is 1.58 bits per heavy atom. The lowest BCUT2D eigenvalue weighted by atomic mass is 10.0. The van der Waals surface area contributed by atoms with E-state index in [1.54, 1.807) is 4.90 Å². The Bertz CT molecular complexity index is 1370. The lowest BCUT2D eigenvalue weighted by molar-refractivity contribution is -0.143. The summed E-state index contributed by atoms with van der Waals surface area (Å²) in [5.41, 5.74) is 2.92. The van der Waals surface area contributed by atoms with Crippen molar-refractivity contribution in [2.24, 2.45) is 0 Å². The van der Waals surface area contributed by atoms with Gasteiger partial charge in [-0.25, -0.2) is 9.59 Å². The minimum Gasteiger partial charge on any atom is -0.436 e. The van der Waals surface area contributed by atoms with Crippen LogP contribution < -0.4 is 10.6 Å². The number of hydrogen-bond acceptors (Lipinski definition) is 6. The number of para-hydroxylation sites is 1. The van der Waals surface area contributed by atoms with Crippen LogP contribution in [0.25, 0.3) is 0 Å². The summed E-state index contributed by atoms with van der Waals surface area (Å²) < 4.78 is 7.85. The number of benzene rings is 2. The van der Waals surface area contributed by atoms with Gasteiger partial charge in [0.1, 0.15) is 0 Å². The van der Waals surface area contributed by atoms with Crippen LogP contribution in [0.4, 0.5) is 15.3 Å². The molecule has 1 unspecified atom stereocenters. The quantitative estimate of drug-likeness (QED) is 0.445. The van der Waals surface area contributed by atoms with Crippen molar-refractivity contribution in [2.45, 2.75) is 56.7 Å². The van der Waals surface area contributed by atoms with Crippen molar-refractivity contribution in [3.05, 3.63) is 62.5 Å². The first-order valence-electron chi connectivity index (χ1n) is 16.1. The van der Waals surface area contributed by atoms with E-state index in [0.29, 0.717) is 58.0 Å². The number of hydrogen-bond donors (Lipinski definition) is 2. The number of carbonyl (C=O) groups is 3. The molecular weight excluding hydrogens is 704 g/mol. The maximum absolute atomic E-state index is 13.9. The maximum Gasteiger partial charge on any atom is 0.410 e. The van der Waals surface area contributed by atoms with Crippen molar-refractivity contribution in [2.75, 3.05) is 64.2 Å². The van der Waals surface area contributed by atoms with E-state index >= 15 is 0 Å². The fourth-order valence-electron chi connectivity index (χ4n) is 7.04. The number of fused-ring (bicyclic) bond motifs is 1. The number of rotatable bonds is 6. The van der Waals surface area contributed by atoms with Crippen LogP contribution in [-0.2, 0) is 22.4 Å². The molecule has 0 spiro atoms. The number of amides is 4. The average molecular weight is 747 g/mol. The summed E-state index contributed by atoms with van der Waals surface area (Å²) in [6, 6.07) is 14.3. The molecule has 6 rings (SSSR count). The van der Waals surface area contributed by atoms with E-state index in [-0.39, 0.29) is 18.0 Å². The minimum absolute atomic E-state index is 0.0390. The van der Waals surface area contributed by atoms with Crippen LogP contribution in [0, 0.1) is 0 Å². The summed E-state index contributed by atoms with van der Waals surface area (Å²) in [7, 11) is 0. The highest BCUT2D eigenvalue weighted by molar-refractivity contribution is 9.13. The van der Waals surface area contributed by atoms with Crippen LogP contribution >= 0.6 is 31.9 Å². The van der Waals surface area contributed by atoms with E-state index in [2.05, 4.69) is 53.5 Å². The van der Waals surface area contributed by atoms with E-state index in [1.165, 1.54) is 0 Å². The molecule has 0 saturated carbocycles. The lowest BCUT2D eigenvalue weighted by Gasteiger charge is -2.41. The molecule has 12 heteroatoms. The molecule has 4 aliphatic rings. The molecule has 2 aromatic rings. The SMILES string of the molecule is O=C(OC(Cc1ccc(Br)c(Br)c1)C(=O)N1CCN(C2CCNCC2)CC1)N1CCC(N2CCc3ccccc3NC2=O)CC1. The number of halogens is 2. The summed E-state index contributed by atoms with van der Waals surface area (Å²) in [5, 5.41) is 6.48. The Labute approximate surface area is 282 Å². The molecule has 0 aromatic heterocycles. The number of nitrogens with zero attached hydrogens (tertiary/aromatic N) is 4. The average Bonchev–Trinajstić information content (AvgIpc) is 3.24. The smallest absolute Gasteiger partial charge is 0.410 e. The van der Waals surface area contributed by atoms with Crippen LogP contribution in [0.5, 0.6) is 0 Å². The number of urea groups is 1. The maximum atomic E-state index is 13.9. The Morgan fingerprint density at radius 1 is 0.844 bits per heavy atom. The molecule has 3 saturated heterocycles. The molecule has 10 nitrogen and oxygen atoms in total. The zero-order valence-electron chi connectivity index (χ0n) is 25.6. The van der Waals surface area contributed by atoms with Gasteiger partial charge in [-0.15, -0.1) is 0 Å². The van der Waals surface area contributed by atoms with Gasteiger partial charge in [-0.05, 0) is 106 Å². The molecule has 1 atom stereocenters. The van der Waals surface area contributed by atoms with E-state index in [4.69, 9.17) is 4.74 Å². The van der Waals surface area contributed by atoms with Gasteiger partial charge in [0.05, 0.1) is 0 Å². The van der Waals surface area contributed by atoms with Crippen molar-refractivity contribution < 1.29 is 19.1 Å². The number of ether oxygens (including phenoxy) is 1. The third-order valence-corrected chi connectivity index (χ3v) is 11.6. The Balaban J connectivity index is 1.07. The topological polar surface area (TPSA) is 97.5 Å². The second-order valence-corrected chi connectivity index (χ2v) is 14.1. The zero-order valence-corrected chi connectivity index (χ0v) is 28.7.